The fourth-order valence-corrected chi connectivity index (χ4v) is 3.50. The quantitative estimate of drug-likeness (QED) is 0.913. The molecule has 3 unspecified atom stereocenters. The second kappa shape index (κ2) is 5.30. The summed E-state index contributed by atoms with van der Waals surface area (Å²) >= 11 is 0. The highest BCUT2D eigenvalue weighted by Gasteiger charge is 2.46. The predicted molar refractivity (Wildman–Crippen MR) is 74.7 cm³/mol. The molecule has 5 heteroatoms. The van der Waals surface area contributed by atoms with Crippen LogP contribution in [0.3, 0.4) is 0 Å². The van der Waals surface area contributed by atoms with Gasteiger partial charge in [0, 0.05) is 31.2 Å². The van der Waals surface area contributed by atoms with Crippen LogP contribution in [0.25, 0.3) is 0 Å². The van der Waals surface area contributed by atoms with Crippen LogP contribution in [-0.2, 0) is 15.0 Å². The minimum Gasteiger partial charge on any atom is -0.378 e. The second-order valence-corrected chi connectivity index (χ2v) is 6.46. The van der Waals surface area contributed by atoms with Crippen molar-refractivity contribution in [1.82, 2.24) is 0 Å². The Hall–Kier alpha value is -1.04. The first kappa shape index (κ1) is 14.9. The van der Waals surface area contributed by atoms with Crippen LogP contribution < -0.4 is 5.73 Å². The van der Waals surface area contributed by atoms with Crippen molar-refractivity contribution in [3.63, 3.8) is 0 Å². The number of hydrogen-bond acceptors (Lipinski definition) is 3. The van der Waals surface area contributed by atoms with Crippen LogP contribution in [-0.4, -0.2) is 25.4 Å². The molecule has 0 bridgehead atoms. The van der Waals surface area contributed by atoms with Crippen molar-refractivity contribution in [3.05, 3.63) is 35.4 Å². The topological polar surface area (TPSA) is 44.5 Å². The van der Waals surface area contributed by atoms with Crippen LogP contribution in [0, 0.1) is 17.6 Å². The summed E-state index contributed by atoms with van der Waals surface area (Å²) in [6.07, 6.45) is 2.40. The van der Waals surface area contributed by atoms with Gasteiger partial charge < -0.3 is 15.2 Å². The van der Waals surface area contributed by atoms with E-state index < -0.39 is 17.2 Å². The molecule has 2 aliphatic rings. The normalized spacial score (nSPS) is 32.3. The van der Waals surface area contributed by atoms with Crippen LogP contribution in [0.15, 0.2) is 18.2 Å². The lowest BCUT2D eigenvalue weighted by molar-refractivity contribution is -0.109. The Balaban J connectivity index is 1.86. The van der Waals surface area contributed by atoms with E-state index in [9.17, 15) is 8.78 Å². The summed E-state index contributed by atoms with van der Waals surface area (Å²) in [6.45, 7) is 3.74. The molecule has 0 radical (unpaired) electrons. The van der Waals surface area contributed by atoms with E-state index in [0.29, 0.717) is 25.4 Å². The molecule has 0 saturated carbocycles. The molecule has 1 spiro atoms. The van der Waals surface area contributed by atoms with E-state index in [4.69, 9.17) is 15.2 Å². The van der Waals surface area contributed by atoms with E-state index >= 15 is 0 Å². The van der Waals surface area contributed by atoms with Gasteiger partial charge >= 0.3 is 0 Å². The second-order valence-electron chi connectivity index (χ2n) is 6.46. The Bertz CT molecular complexity index is 507. The first-order chi connectivity index (χ1) is 9.91. The van der Waals surface area contributed by atoms with Gasteiger partial charge in [0.2, 0.25) is 0 Å². The van der Waals surface area contributed by atoms with Crippen molar-refractivity contribution in [2.45, 2.75) is 37.3 Å². The number of ether oxygens (including phenoxy) is 2. The van der Waals surface area contributed by atoms with Gasteiger partial charge in [0.1, 0.15) is 11.6 Å². The largest absolute Gasteiger partial charge is 0.378 e. The van der Waals surface area contributed by atoms with E-state index in [2.05, 4.69) is 0 Å². The number of benzene rings is 1. The maximum Gasteiger partial charge on any atom is 0.126 e. The Kier molecular flexibility index (Phi) is 3.76. The monoisotopic (exact) mass is 297 g/mol. The van der Waals surface area contributed by atoms with Gasteiger partial charge in [-0.1, -0.05) is 0 Å². The molecule has 3 nitrogen and oxygen atoms in total. The third-order valence-electron chi connectivity index (χ3n) is 4.89. The lowest BCUT2D eigenvalue weighted by Gasteiger charge is -2.44. The Morgan fingerprint density at radius 3 is 2.57 bits per heavy atom. The lowest BCUT2D eigenvalue weighted by atomic mass is 9.71. The molecule has 1 aromatic rings. The Morgan fingerprint density at radius 1 is 1.24 bits per heavy atom. The van der Waals surface area contributed by atoms with E-state index in [0.717, 1.165) is 25.3 Å². The fourth-order valence-electron chi connectivity index (χ4n) is 3.50. The molecule has 2 heterocycles. The molecule has 1 aromatic carbocycles. The molecular formula is C16H21F2NO2. The molecule has 2 fully saturated rings. The van der Waals surface area contributed by atoms with Crippen LogP contribution in [0.4, 0.5) is 8.78 Å². The number of halogens is 2. The molecule has 0 amide bonds. The summed E-state index contributed by atoms with van der Waals surface area (Å²) < 4.78 is 38.3. The first-order valence-electron chi connectivity index (χ1n) is 7.38. The van der Waals surface area contributed by atoms with Gasteiger partial charge in [-0.2, -0.15) is 0 Å². The SMILES string of the molecule is CC(N)(c1cc(F)cc(F)c1)C1CCOC2(CCOC2)C1. The number of nitrogens with two attached hydrogens (primary N) is 1. The third kappa shape index (κ3) is 2.82. The highest BCUT2D eigenvalue weighted by molar-refractivity contribution is 5.26. The maximum atomic E-state index is 13.5. The predicted octanol–water partition coefficient (Wildman–Crippen LogP) is 2.72. The number of hydrogen-bond donors (Lipinski definition) is 1. The molecule has 0 aliphatic carbocycles. The van der Waals surface area contributed by atoms with Crippen LogP contribution >= 0.6 is 0 Å². The average molecular weight is 297 g/mol. The van der Waals surface area contributed by atoms with Crippen LogP contribution in [0.5, 0.6) is 0 Å². The summed E-state index contributed by atoms with van der Waals surface area (Å²) in [7, 11) is 0. The molecular weight excluding hydrogens is 276 g/mol. The van der Waals surface area contributed by atoms with Crippen molar-refractivity contribution in [2.24, 2.45) is 11.7 Å². The van der Waals surface area contributed by atoms with Gasteiger partial charge in [-0.15, -0.1) is 0 Å². The summed E-state index contributed by atoms with van der Waals surface area (Å²) in [5, 5.41) is 0. The van der Waals surface area contributed by atoms with Crippen molar-refractivity contribution >= 4 is 0 Å². The summed E-state index contributed by atoms with van der Waals surface area (Å²) in [5.41, 5.74) is 5.91. The maximum absolute atomic E-state index is 13.5. The molecule has 3 atom stereocenters. The van der Waals surface area contributed by atoms with Crippen LogP contribution in [0.1, 0.15) is 31.7 Å². The molecule has 2 aliphatic heterocycles. The average Bonchev–Trinajstić information content (AvgIpc) is 2.85. The van der Waals surface area contributed by atoms with E-state index in [1.54, 1.807) is 0 Å². The number of rotatable bonds is 2. The fraction of sp³-hybridized carbons (Fsp3) is 0.625. The standard InChI is InChI=1S/C16H21F2NO2/c1-15(19,12-6-13(17)8-14(18)7-12)11-2-4-21-16(9-11)3-5-20-10-16/h6-8,11H,2-5,9-10,19H2,1H3. The van der Waals surface area contributed by atoms with Crippen molar-refractivity contribution in [3.8, 4) is 0 Å². The van der Waals surface area contributed by atoms with Gasteiger partial charge in [0.05, 0.1) is 12.2 Å². The molecule has 3 rings (SSSR count). The first-order valence-corrected chi connectivity index (χ1v) is 7.38. The summed E-state index contributed by atoms with van der Waals surface area (Å²) in [5.74, 6) is -1.07. The zero-order valence-electron chi connectivity index (χ0n) is 12.2. The van der Waals surface area contributed by atoms with E-state index in [1.165, 1.54) is 12.1 Å². The van der Waals surface area contributed by atoms with Gasteiger partial charge in [-0.25, -0.2) is 8.78 Å². The van der Waals surface area contributed by atoms with E-state index in [1.807, 2.05) is 6.92 Å². The minimum atomic E-state index is -0.789. The molecule has 0 aromatic heterocycles. The zero-order chi connectivity index (χ0) is 15.1. The lowest BCUT2D eigenvalue weighted by Crippen LogP contribution is -2.50. The Labute approximate surface area is 123 Å². The molecule has 2 saturated heterocycles. The van der Waals surface area contributed by atoms with Crippen molar-refractivity contribution < 1.29 is 18.3 Å². The van der Waals surface area contributed by atoms with Crippen LogP contribution in [0.2, 0.25) is 0 Å². The highest BCUT2D eigenvalue weighted by Crippen LogP contribution is 2.42. The van der Waals surface area contributed by atoms with Crippen molar-refractivity contribution in [2.75, 3.05) is 19.8 Å². The smallest absolute Gasteiger partial charge is 0.126 e. The summed E-state index contributed by atoms with van der Waals surface area (Å²) in [4.78, 5) is 0. The zero-order valence-corrected chi connectivity index (χ0v) is 12.2. The van der Waals surface area contributed by atoms with Crippen molar-refractivity contribution in [1.29, 1.82) is 0 Å². The molecule has 2 N–H and O–H groups in total. The Morgan fingerprint density at radius 2 is 1.95 bits per heavy atom. The van der Waals surface area contributed by atoms with E-state index in [-0.39, 0.29) is 11.5 Å². The van der Waals surface area contributed by atoms with Gasteiger partial charge in [0.15, 0.2) is 0 Å². The van der Waals surface area contributed by atoms with Gasteiger partial charge in [-0.3, -0.25) is 0 Å². The minimum absolute atomic E-state index is 0.106. The molecule has 116 valence electrons. The molecule has 21 heavy (non-hydrogen) atoms. The third-order valence-corrected chi connectivity index (χ3v) is 4.89. The summed E-state index contributed by atoms with van der Waals surface area (Å²) in [6, 6.07) is 3.53. The van der Waals surface area contributed by atoms with Gasteiger partial charge in [0.25, 0.3) is 0 Å². The highest BCUT2D eigenvalue weighted by atomic mass is 19.1. The van der Waals surface area contributed by atoms with Gasteiger partial charge in [-0.05, 0) is 43.4 Å².